The highest BCUT2D eigenvalue weighted by Crippen LogP contribution is 2.25. The third-order valence-electron chi connectivity index (χ3n) is 0.903. The quantitative estimate of drug-likeness (QED) is 0.714. The number of halogens is 2. The van der Waals surface area contributed by atoms with Crippen LogP contribution in [0.3, 0.4) is 0 Å². The molecule has 3 heteroatoms. The fourth-order valence-electron chi connectivity index (χ4n) is 0.485. The van der Waals surface area contributed by atoms with Crippen molar-refractivity contribution in [3.05, 3.63) is 27.7 Å². The maximum atomic E-state index is 8.85. The lowest BCUT2D eigenvalue weighted by molar-refractivity contribution is 0.475. The Morgan fingerprint density at radius 3 is 2.40 bits per heavy atom. The van der Waals surface area contributed by atoms with E-state index in [1.54, 1.807) is 12.1 Å². The number of hydrogen-bond donors (Lipinski definition) is 1. The molecule has 0 unspecified atom stereocenters. The van der Waals surface area contributed by atoms with Crippen molar-refractivity contribution in [2.75, 3.05) is 0 Å². The number of aromatic hydroxyl groups is 1. The molecule has 1 aromatic carbocycles. The molecule has 0 saturated heterocycles. The van der Waals surface area contributed by atoms with Crippen LogP contribution in [0.5, 0.6) is 5.75 Å². The van der Waals surface area contributed by atoms with Crippen LogP contribution in [-0.4, -0.2) is 5.11 Å². The predicted molar refractivity (Wildman–Crippen MR) is 47.5 cm³/mol. The SMILES string of the molecule is C.Oc1ccc(Cl)c(Br)c1. The van der Waals surface area contributed by atoms with Crippen molar-refractivity contribution < 1.29 is 5.11 Å². The van der Waals surface area contributed by atoms with E-state index in [1.807, 2.05) is 0 Å². The van der Waals surface area contributed by atoms with Crippen LogP contribution < -0.4 is 0 Å². The number of benzene rings is 1. The topological polar surface area (TPSA) is 20.2 Å². The standard InChI is InChI=1S/C6H4BrClO.CH4/c7-5-3-4(9)1-2-6(5)8;/h1-3,9H;1H4. The molecule has 0 bridgehead atoms. The molecule has 0 radical (unpaired) electrons. The Labute approximate surface area is 73.8 Å². The second-order valence-electron chi connectivity index (χ2n) is 1.60. The molecule has 0 spiro atoms. The molecule has 1 nitrogen and oxygen atoms in total. The molecule has 1 aromatic rings. The van der Waals surface area contributed by atoms with Gasteiger partial charge in [0.25, 0.3) is 0 Å². The van der Waals surface area contributed by atoms with Gasteiger partial charge in [0.1, 0.15) is 5.75 Å². The minimum atomic E-state index is 0. The first kappa shape index (κ1) is 9.79. The molecule has 0 aliphatic carbocycles. The third-order valence-corrected chi connectivity index (χ3v) is 2.12. The highest BCUT2D eigenvalue weighted by molar-refractivity contribution is 9.10. The van der Waals surface area contributed by atoms with E-state index in [2.05, 4.69) is 15.9 Å². The van der Waals surface area contributed by atoms with E-state index in [1.165, 1.54) is 6.07 Å². The van der Waals surface area contributed by atoms with E-state index in [4.69, 9.17) is 16.7 Å². The summed E-state index contributed by atoms with van der Waals surface area (Å²) in [7, 11) is 0. The van der Waals surface area contributed by atoms with Crippen molar-refractivity contribution in [1.82, 2.24) is 0 Å². The summed E-state index contributed by atoms with van der Waals surface area (Å²) in [6.07, 6.45) is 0. The third kappa shape index (κ3) is 2.20. The first-order chi connectivity index (χ1) is 4.20. The summed E-state index contributed by atoms with van der Waals surface area (Å²) in [5.74, 6) is 0.214. The summed E-state index contributed by atoms with van der Waals surface area (Å²) >= 11 is 8.78. The van der Waals surface area contributed by atoms with Gasteiger partial charge in [-0.3, -0.25) is 0 Å². The fraction of sp³-hybridized carbons (Fsp3) is 0.143. The average molecular weight is 223 g/mol. The number of phenolic OH excluding ortho intramolecular Hbond substituents is 1. The molecule has 0 aliphatic heterocycles. The highest BCUT2D eigenvalue weighted by atomic mass is 79.9. The van der Waals surface area contributed by atoms with Gasteiger partial charge in [-0.05, 0) is 34.1 Å². The molecule has 0 aliphatic rings. The van der Waals surface area contributed by atoms with Crippen molar-refractivity contribution in [2.24, 2.45) is 0 Å². The van der Waals surface area contributed by atoms with Crippen LogP contribution in [0.2, 0.25) is 5.02 Å². The average Bonchev–Trinajstić information content (AvgIpc) is 1.80. The Morgan fingerprint density at radius 1 is 1.40 bits per heavy atom. The van der Waals surface area contributed by atoms with Gasteiger partial charge in [0.15, 0.2) is 0 Å². The smallest absolute Gasteiger partial charge is 0.116 e. The van der Waals surface area contributed by atoms with Crippen LogP contribution in [0.25, 0.3) is 0 Å². The van der Waals surface area contributed by atoms with E-state index in [-0.39, 0.29) is 13.2 Å². The summed E-state index contributed by atoms with van der Waals surface area (Å²) in [6.45, 7) is 0. The Kier molecular flexibility index (Phi) is 3.76. The van der Waals surface area contributed by atoms with Gasteiger partial charge >= 0.3 is 0 Å². The monoisotopic (exact) mass is 222 g/mol. The lowest BCUT2D eigenvalue weighted by Crippen LogP contribution is -1.66. The number of hydrogen-bond acceptors (Lipinski definition) is 1. The normalized spacial score (nSPS) is 8.60. The molecule has 56 valence electrons. The molecule has 1 rings (SSSR count). The molecule has 0 saturated carbocycles. The lowest BCUT2D eigenvalue weighted by atomic mass is 10.3. The molecule has 10 heavy (non-hydrogen) atoms. The largest absolute Gasteiger partial charge is 0.508 e. The second-order valence-corrected chi connectivity index (χ2v) is 2.86. The summed E-state index contributed by atoms with van der Waals surface area (Å²) in [6, 6.07) is 4.70. The zero-order chi connectivity index (χ0) is 6.85. The summed E-state index contributed by atoms with van der Waals surface area (Å²) < 4.78 is 0.712. The van der Waals surface area contributed by atoms with Gasteiger partial charge in [-0.1, -0.05) is 19.0 Å². The van der Waals surface area contributed by atoms with E-state index < -0.39 is 0 Å². The number of phenols is 1. The molecular formula is C7H8BrClO. The van der Waals surface area contributed by atoms with Crippen LogP contribution in [0.4, 0.5) is 0 Å². The van der Waals surface area contributed by atoms with Gasteiger partial charge in [-0.25, -0.2) is 0 Å². The van der Waals surface area contributed by atoms with Crippen molar-refractivity contribution in [2.45, 2.75) is 7.43 Å². The molecule has 1 N–H and O–H groups in total. The predicted octanol–water partition coefficient (Wildman–Crippen LogP) is 3.44. The summed E-state index contributed by atoms with van der Waals surface area (Å²) in [5, 5.41) is 9.45. The summed E-state index contributed by atoms with van der Waals surface area (Å²) in [4.78, 5) is 0. The van der Waals surface area contributed by atoms with E-state index >= 15 is 0 Å². The number of rotatable bonds is 0. The molecular weight excluding hydrogens is 215 g/mol. The van der Waals surface area contributed by atoms with Crippen LogP contribution in [0.15, 0.2) is 22.7 Å². The Hall–Kier alpha value is -0.210. The molecule has 0 fully saturated rings. The molecule has 0 aromatic heterocycles. The van der Waals surface area contributed by atoms with E-state index in [0.29, 0.717) is 9.50 Å². The van der Waals surface area contributed by atoms with Crippen molar-refractivity contribution >= 4 is 27.5 Å². The minimum absolute atomic E-state index is 0. The maximum Gasteiger partial charge on any atom is 0.116 e. The molecule has 0 heterocycles. The molecule has 0 amide bonds. The van der Waals surface area contributed by atoms with Crippen LogP contribution >= 0.6 is 27.5 Å². The second kappa shape index (κ2) is 3.84. The van der Waals surface area contributed by atoms with Crippen molar-refractivity contribution in [1.29, 1.82) is 0 Å². The Bertz CT molecular complexity index is 225. The Balaban J connectivity index is 0.000000810. The van der Waals surface area contributed by atoms with Crippen molar-refractivity contribution in [3.8, 4) is 5.75 Å². The maximum absolute atomic E-state index is 8.85. The van der Waals surface area contributed by atoms with Gasteiger partial charge in [0.2, 0.25) is 0 Å². The minimum Gasteiger partial charge on any atom is -0.508 e. The van der Waals surface area contributed by atoms with Gasteiger partial charge in [0, 0.05) is 4.47 Å². The van der Waals surface area contributed by atoms with Gasteiger partial charge in [0.05, 0.1) is 5.02 Å². The zero-order valence-electron chi connectivity index (χ0n) is 4.44. The van der Waals surface area contributed by atoms with Crippen LogP contribution in [0, 0.1) is 0 Å². The molecule has 0 atom stereocenters. The van der Waals surface area contributed by atoms with E-state index in [9.17, 15) is 0 Å². The first-order valence-corrected chi connectivity index (χ1v) is 3.51. The summed E-state index contributed by atoms with van der Waals surface area (Å²) in [5.41, 5.74) is 0. The fourth-order valence-corrected chi connectivity index (χ4v) is 0.969. The van der Waals surface area contributed by atoms with Gasteiger partial charge < -0.3 is 5.11 Å². The van der Waals surface area contributed by atoms with Crippen molar-refractivity contribution in [3.63, 3.8) is 0 Å². The van der Waals surface area contributed by atoms with Crippen LogP contribution in [-0.2, 0) is 0 Å². The highest BCUT2D eigenvalue weighted by Gasteiger charge is 1.94. The first-order valence-electron chi connectivity index (χ1n) is 2.34. The zero-order valence-corrected chi connectivity index (χ0v) is 6.78. The van der Waals surface area contributed by atoms with Gasteiger partial charge in [-0.2, -0.15) is 0 Å². The van der Waals surface area contributed by atoms with Crippen LogP contribution in [0.1, 0.15) is 7.43 Å². The van der Waals surface area contributed by atoms with E-state index in [0.717, 1.165) is 0 Å². The lowest BCUT2D eigenvalue weighted by Gasteiger charge is -1.93. The Morgan fingerprint density at radius 2 is 2.00 bits per heavy atom. The van der Waals surface area contributed by atoms with Gasteiger partial charge in [-0.15, -0.1) is 0 Å².